The molecule has 14 atom stereocenters. The van der Waals surface area contributed by atoms with Gasteiger partial charge in [0.05, 0.1) is 35.7 Å². The highest BCUT2D eigenvalue weighted by atomic mass is 16.6. The van der Waals surface area contributed by atoms with Crippen molar-refractivity contribution in [2.45, 2.75) is 185 Å². The van der Waals surface area contributed by atoms with Crippen LogP contribution < -0.4 is 11.1 Å². The van der Waals surface area contributed by atoms with Crippen LogP contribution in [0.3, 0.4) is 0 Å². The first-order valence-corrected chi connectivity index (χ1v) is 21.0. The topological polar surface area (TPSA) is 169 Å². The van der Waals surface area contributed by atoms with Crippen LogP contribution in [0.1, 0.15) is 143 Å². The Morgan fingerprint density at radius 3 is 2.39 bits per heavy atom. The number of nitrogens with two attached hydrogens (primary N) is 1. The van der Waals surface area contributed by atoms with Crippen molar-refractivity contribution in [1.82, 2.24) is 5.32 Å². The zero-order valence-corrected chi connectivity index (χ0v) is 32.0. The molecule has 0 aromatic rings. The molecule has 290 valence electrons. The molecule has 0 amide bonds. The van der Waals surface area contributed by atoms with Crippen LogP contribution in [0.25, 0.3) is 0 Å². The third kappa shape index (κ3) is 5.88. The summed E-state index contributed by atoms with van der Waals surface area (Å²) in [6.07, 6.45) is 15.3. The van der Waals surface area contributed by atoms with Gasteiger partial charge in [-0.2, -0.15) is 0 Å². The molecule has 5 aliphatic carbocycles. The van der Waals surface area contributed by atoms with Gasteiger partial charge in [0.1, 0.15) is 12.2 Å². The molecule has 0 spiro atoms. The number of aliphatic hydroxyl groups excluding tert-OH is 2. The maximum atomic E-state index is 14.2. The van der Waals surface area contributed by atoms with Crippen LogP contribution in [0, 0.1) is 45.8 Å². The number of aliphatic hydroxyl groups is 5. The monoisotopic (exact) mass is 715 g/mol. The molecular weight excluding hydrogens is 644 g/mol. The van der Waals surface area contributed by atoms with Gasteiger partial charge in [0.25, 0.3) is 0 Å². The van der Waals surface area contributed by atoms with E-state index in [2.05, 4.69) is 19.2 Å². The van der Waals surface area contributed by atoms with Gasteiger partial charge in [-0.3, -0.25) is 4.79 Å². The Morgan fingerprint density at radius 1 is 0.961 bits per heavy atom. The zero-order valence-electron chi connectivity index (χ0n) is 32.0. The highest BCUT2D eigenvalue weighted by molar-refractivity contribution is 5.95. The van der Waals surface area contributed by atoms with E-state index in [-0.39, 0.29) is 41.7 Å². The Kier molecular flexibility index (Phi) is 10.3. The molecule has 0 bridgehead atoms. The van der Waals surface area contributed by atoms with E-state index in [0.29, 0.717) is 43.9 Å². The quantitative estimate of drug-likeness (QED) is 0.147. The summed E-state index contributed by atoms with van der Waals surface area (Å²) in [4.78, 5) is 14.2. The minimum Gasteiger partial charge on any atom is -0.396 e. The highest BCUT2D eigenvalue weighted by Crippen LogP contribution is 2.72. The molecule has 7 rings (SSSR count). The van der Waals surface area contributed by atoms with Gasteiger partial charge in [0.2, 0.25) is 0 Å². The molecule has 0 aromatic heterocycles. The molecule has 2 heterocycles. The standard InChI is InChI=1S/C42H70N2O7/c1-5-16-41(49,36-35(51-36)39(4,48)37(2,25-45)17-11-26-15-21-44-34(43)22-26)33-14-20-42(50)30-24-32(47)31-23-28(46)12-19-40(31,27-9-7-6-8-10-27)29(30)13-18-38(33,42)3/h24,26-29,31,33-36,44-46,48-50H,5-23,25,43H2,1-4H3. The summed E-state index contributed by atoms with van der Waals surface area (Å²) in [5.74, 6) is 0.582. The number of piperidine rings is 1. The smallest absolute Gasteiger partial charge is 0.159 e. The first-order chi connectivity index (χ1) is 24.1. The highest BCUT2D eigenvalue weighted by Gasteiger charge is 2.74. The molecule has 7 aliphatic rings. The van der Waals surface area contributed by atoms with E-state index in [1.165, 1.54) is 19.3 Å². The van der Waals surface area contributed by atoms with E-state index in [1.54, 1.807) is 13.0 Å². The lowest BCUT2D eigenvalue weighted by Gasteiger charge is -2.63. The third-order valence-corrected chi connectivity index (χ3v) is 17.1. The number of nitrogens with one attached hydrogen (secondary N) is 1. The minimum absolute atomic E-state index is 0.0244. The fourth-order valence-electron chi connectivity index (χ4n) is 13.7. The summed E-state index contributed by atoms with van der Waals surface area (Å²) in [7, 11) is 0. The number of carbonyl (C=O) groups excluding carboxylic acids is 1. The SMILES string of the molecule is CCCC(O)(C1OC1C(C)(O)C(C)(CO)CCC1CCNC(N)C1)C1CCC2(O)C3=CC(=O)C4CC(O)CCC4(C4CCCCC4)C3CCC12C. The number of rotatable bonds is 11. The number of fused-ring (bicyclic) bond motifs is 5. The lowest BCUT2D eigenvalue weighted by Crippen LogP contribution is -2.64. The third-order valence-electron chi connectivity index (χ3n) is 17.1. The van der Waals surface area contributed by atoms with Crippen molar-refractivity contribution in [2.24, 2.45) is 51.6 Å². The summed E-state index contributed by atoms with van der Waals surface area (Å²) < 4.78 is 6.41. The Balaban J connectivity index is 1.16. The number of hydrogen-bond acceptors (Lipinski definition) is 9. The van der Waals surface area contributed by atoms with E-state index < -0.39 is 45.9 Å². The van der Waals surface area contributed by atoms with Gasteiger partial charge in [0.15, 0.2) is 5.78 Å². The van der Waals surface area contributed by atoms with Crippen LogP contribution in [0.2, 0.25) is 0 Å². The lowest BCUT2D eigenvalue weighted by atomic mass is 9.41. The van der Waals surface area contributed by atoms with Crippen LogP contribution in [0.5, 0.6) is 0 Å². The second-order valence-corrected chi connectivity index (χ2v) is 19.5. The summed E-state index contributed by atoms with van der Waals surface area (Å²) in [6, 6.07) is 0. The molecule has 9 nitrogen and oxygen atoms in total. The molecule has 8 N–H and O–H groups in total. The van der Waals surface area contributed by atoms with E-state index in [0.717, 1.165) is 76.3 Å². The van der Waals surface area contributed by atoms with E-state index >= 15 is 0 Å². The van der Waals surface area contributed by atoms with Crippen molar-refractivity contribution in [3.8, 4) is 0 Å². The zero-order chi connectivity index (χ0) is 36.6. The normalized spacial score (nSPS) is 46.5. The number of allylic oxidation sites excluding steroid dienone is 1. The van der Waals surface area contributed by atoms with Gasteiger partial charge >= 0.3 is 0 Å². The first-order valence-electron chi connectivity index (χ1n) is 21.0. The van der Waals surface area contributed by atoms with Crippen molar-refractivity contribution in [3.05, 3.63) is 11.6 Å². The molecule has 2 saturated heterocycles. The van der Waals surface area contributed by atoms with E-state index in [1.807, 2.05) is 6.92 Å². The van der Waals surface area contributed by atoms with Crippen molar-refractivity contribution in [3.63, 3.8) is 0 Å². The number of epoxide rings is 1. The average molecular weight is 715 g/mol. The van der Waals surface area contributed by atoms with Crippen molar-refractivity contribution >= 4 is 5.78 Å². The van der Waals surface area contributed by atoms with Crippen LogP contribution >= 0.6 is 0 Å². The van der Waals surface area contributed by atoms with Crippen molar-refractivity contribution in [2.75, 3.05) is 13.2 Å². The molecule has 9 heteroatoms. The maximum absolute atomic E-state index is 14.2. The lowest BCUT2D eigenvalue weighted by molar-refractivity contribution is -0.168. The largest absolute Gasteiger partial charge is 0.396 e. The van der Waals surface area contributed by atoms with Crippen molar-refractivity contribution < 1.29 is 35.1 Å². The summed E-state index contributed by atoms with van der Waals surface area (Å²) in [6.45, 7) is 8.60. The summed E-state index contributed by atoms with van der Waals surface area (Å²) in [5, 5.41) is 63.2. The predicted octanol–water partition coefficient (Wildman–Crippen LogP) is 4.89. The molecule has 14 unspecified atom stereocenters. The van der Waals surface area contributed by atoms with E-state index in [9.17, 15) is 30.3 Å². The Morgan fingerprint density at radius 2 is 1.71 bits per heavy atom. The fourth-order valence-corrected chi connectivity index (χ4v) is 13.7. The first kappa shape index (κ1) is 38.4. The van der Waals surface area contributed by atoms with Gasteiger partial charge in [-0.15, -0.1) is 0 Å². The minimum atomic E-state index is -1.39. The Bertz CT molecular complexity index is 1330. The number of hydrogen-bond donors (Lipinski definition) is 7. The molecule has 0 aromatic carbocycles. The second kappa shape index (κ2) is 13.7. The molecular formula is C42H70N2O7. The fraction of sp³-hybridized carbons (Fsp3) is 0.929. The van der Waals surface area contributed by atoms with Gasteiger partial charge in [-0.1, -0.05) is 46.5 Å². The number of carbonyl (C=O) groups is 1. The maximum Gasteiger partial charge on any atom is 0.159 e. The van der Waals surface area contributed by atoms with Crippen LogP contribution in [0.15, 0.2) is 11.6 Å². The van der Waals surface area contributed by atoms with Gasteiger partial charge < -0.3 is 41.3 Å². The van der Waals surface area contributed by atoms with Crippen LogP contribution in [-0.2, 0) is 9.53 Å². The number of ketones is 1. The van der Waals surface area contributed by atoms with Gasteiger partial charge in [-0.25, -0.2) is 0 Å². The molecule has 6 fully saturated rings. The molecule has 0 radical (unpaired) electrons. The molecule has 4 saturated carbocycles. The Labute approximate surface area is 306 Å². The molecule has 51 heavy (non-hydrogen) atoms. The number of ether oxygens (including phenoxy) is 1. The second-order valence-electron chi connectivity index (χ2n) is 19.5. The average Bonchev–Trinajstić information content (AvgIpc) is 3.88. The Hall–Kier alpha value is -0.910. The van der Waals surface area contributed by atoms with Crippen LogP contribution in [0.4, 0.5) is 0 Å². The van der Waals surface area contributed by atoms with Gasteiger partial charge in [0, 0.05) is 16.7 Å². The van der Waals surface area contributed by atoms with E-state index in [4.69, 9.17) is 10.5 Å². The van der Waals surface area contributed by atoms with Crippen molar-refractivity contribution in [1.29, 1.82) is 0 Å². The summed E-state index contributed by atoms with van der Waals surface area (Å²) >= 11 is 0. The van der Waals surface area contributed by atoms with Crippen LogP contribution in [-0.4, -0.2) is 85.7 Å². The molecule has 2 aliphatic heterocycles. The summed E-state index contributed by atoms with van der Waals surface area (Å²) in [5.41, 5.74) is 1.46. The van der Waals surface area contributed by atoms with Gasteiger partial charge in [-0.05, 0) is 144 Å². The predicted molar refractivity (Wildman–Crippen MR) is 196 cm³/mol.